The summed E-state index contributed by atoms with van der Waals surface area (Å²) in [6, 6.07) is 13.3. The van der Waals surface area contributed by atoms with Crippen molar-refractivity contribution in [3.8, 4) is 0 Å². The third kappa shape index (κ3) is 4.79. The summed E-state index contributed by atoms with van der Waals surface area (Å²) in [6.07, 6.45) is -0.714. The van der Waals surface area contributed by atoms with Gasteiger partial charge in [0.25, 0.3) is 5.91 Å². The number of hydrogen-bond acceptors (Lipinski definition) is 5. The van der Waals surface area contributed by atoms with Crippen LogP contribution < -0.4 is 5.32 Å². The van der Waals surface area contributed by atoms with Crippen molar-refractivity contribution in [2.24, 2.45) is 0 Å². The Kier molecular flexibility index (Phi) is 6.52. The van der Waals surface area contributed by atoms with E-state index in [0.29, 0.717) is 24.6 Å². The van der Waals surface area contributed by atoms with E-state index in [1.165, 1.54) is 17.8 Å². The maximum atomic E-state index is 13.7. The maximum Gasteiger partial charge on any atom is 0.416 e. The second kappa shape index (κ2) is 9.81. The van der Waals surface area contributed by atoms with E-state index < -0.39 is 17.7 Å². The molecule has 2 aromatic heterocycles. The van der Waals surface area contributed by atoms with Gasteiger partial charge in [0, 0.05) is 25.0 Å². The number of carboxylic acids is 1. The summed E-state index contributed by atoms with van der Waals surface area (Å²) >= 11 is 0. The molecule has 0 saturated carbocycles. The van der Waals surface area contributed by atoms with Gasteiger partial charge in [-0.05, 0) is 48.9 Å². The molecule has 1 amide bonds. The Morgan fingerprint density at radius 1 is 1.03 bits per heavy atom. The summed E-state index contributed by atoms with van der Waals surface area (Å²) in [4.78, 5) is 31.2. The Balaban J connectivity index is 1.51. The van der Waals surface area contributed by atoms with Gasteiger partial charge >= 0.3 is 12.1 Å². The van der Waals surface area contributed by atoms with Crippen LogP contribution in [0.5, 0.6) is 0 Å². The largest absolute Gasteiger partial charge is 0.477 e. The van der Waals surface area contributed by atoms with Gasteiger partial charge in [0.05, 0.1) is 11.8 Å². The van der Waals surface area contributed by atoms with Crippen molar-refractivity contribution < 1.29 is 27.9 Å². The van der Waals surface area contributed by atoms with Gasteiger partial charge in [0.2, 0.25) is 0 Å². The number of nitrogens with zero attached hydrogens (tertiary/aromatic N) is 4. The van der Waals surface area contributed by atoms with Crippen molar-refractivity contribution in [3.63, 3.8) is 0 Å². The zero-order chi connectivity index (χ0) is 27.0. The first kappa shape index (κ1) is 25.2. The van der Waals surface area contributed by atoms with Crippen molar-refractivity contribution in [1.29, 1.82) is 0 Å². The molecular weight excluding hydrogens is 499 g/mol. The van der Waals surface area contributed by atoms with Crippen LogP contribution >= 0.6 is 0 Å². The van der Waals surface area contributed by atoms with E-state index in [0.717, 1.165) is 35.7 Å². The van der Waals surface area contributed by atoms with Crippen LogP contribution in [-0.4, -0.2) is 49.6 Å². The third-order valence-corrected chi connectivity index (χ3v) is 6.86. The fourth-order valence-corrected chi connectivity index (χ4v) is 4.73. The number of aromatic carboxylic acids is 1. The molecule has 1 aliphatic heterocycles. The minimum Gasteiger partial charge on any atom is -0.477 e. The number of hydrogen-bond donors (Lipinski definition) is 2. The number of halogens is 3. The highest BCUT2D eigenvalue weighted by molar-refractivity contribution is 6.01. The number of nitrogens with one attached hydrogen (secondary N) is 1. The molecular formula is C27H24F3N5O3. The summed E-state index contributed by atoms with van der Waals surface area (Å²) in [6.45, 7) is 2.60. The average Bonchev–Trinajstić information content (AvgIpc) is 3.35. The molecule has 0 atom stereocenters. The number of amides is 1. The highest BCUT2D eigenvalue weighted by atomic mass is 19.4. The number of anilines is 2. The predicted octanol–water partition coefficient (Wildman–Crippen LogP) is 5.52. The molecule has 196 valence electrons. The standard InChI is InChI=1S/C27H24F3N5O3/c1-16-7-8-19(27(28,29)30)13-22(16)33-24-20(14-31-23-21(26(37)38)15-32-35(23)24)25(36)34-11-9-18(10-12-34)17-5-3-2-4-6-17/h2-8,13-15,18,33H,9-12H2,1H3,(H,37,38). The van der Waals surface area contributed by atoms with Crippen molar-refractivity contribution in [1.82, 2.24) is 19.5 Å². The van der Waals surface area contributed by atoms with Crippen molar-refractivity contribution in [2.75, 3.05) is 18.4 Å². The van der Waals surface area contributed by atoms with E-state index in [4.69, 9.17) is 0 Å². The van der Waals surface area contributed by atoms with E-state index in [1.807, 2.05) is 18.2 Å². The number of fused-ring (bicyclic) bond motifs is 1. The van der Waals surface area contributed by atoms with Gasteiger partial charge in [-0.3, -0.25) is 4.79 Å². The quantitative estimate of drug-likeness (QED) is 0.358. The maximum absolute atomic E-state index is 13.7. The highest BCUT2D eigenvalue weighted by Crippen LogP contribution is 2.34. The predicted molar refractivity (Wildman–Crippen MR) is 134 cm³/mol. The molecule has 3 heterocycles. The van der Waals surface area contributed by atoms with Crippen LogP contribution in [0.1, 0.15) is 56.2 Å². The average molecular weight is 524 g/mol. The summed E-state index contributed by atoms with van der Waals surface area (Å²) in [5, 5.41) is 16.5. The molecule has 2 N–H and O–H groups in total. The smallest absolute Gasteiger partial charge is 0.416 e. The Hall–Kier alpha value is -4.41. The molecule has 1 fully saturated rings. The summed E-state index contributed by atoms with van der Waals surface area (Å²) < 4.78 is 41.4. The van der Waals surface area contributed by atoms with Crippen LogP contribution in [0.3, 0.4) is 0 Å². The molecule has 38 heavy (non-hydrogen) atoms. The van der Waals surface area contributed by atoms with Crippen LogP contribution in [-0.2, 0) is 6.18 Å². The topological polar surface area (TPSA) is 99.8 Å². The molecule has 0 spiro atoms. The van der Waals surface area contributed by atoms with Crippen molar-refractivity contribution in [3.05, 3.63) is 88.7 Å². The SMILES string of the molecule is Cc1ccc(C(F)(F)F)cc1Nc1c(C(=O)N2CCC(c3ccccc3)CC2)cnc2c(C(=O)O)cnn12. The molecule has 2 aromatic carbocycles. The summed E-state index contributed by atoms with van der Waals surface area (Å²) in [7, 11) is 0. The molecule has 4 aromatic rings. The fraction of sp³-hybridized carbons (Fsp3) is 0.259. The van der Waals surface area contributed by atoms with Gasteiger partial charge in [0.15, 0.2) is 5.65 Å². The number of aryl methyl sites for hydroxylation is 1. The zero-order valence-electron chi connectivity index (χ0n) is 20.4. The van der Waals surface area contributed by atoms with E-state index in [-0.39, 0.29) is 34.2 Å². The second-order valence-corrected chi connectivity index (χ2v) is 9.25. The Labute approximate surface area is 215 Å². The van der Waals surface area contributed by atoms with Crippen LogP contribution in [0.15, 0.2) is 60.9 Å². The van der Waals surface area contributed by atoms with E-state index in [1.54, 1.807) is 11.8 Å². The molecule has 1 saturated heterocycles. The minimum absolute atomic E-state index is 0.0380. The Bertz CT molecular complexity index is 1510. The molecule has 0 unspecified atom stereocenters. The number of aromatic nitrogens is 3. The van der Waals surface area contributed by atoms with Gasteiger partial charge in [0.1, 0.15) is 16.9 Å². The highest BCUT2D eigenvalue weighted by Gasteiger charge is 2.32. The molecule has 0 bridgehead atoms. The van der Waals surface area contributed by atoms with Crippen LogP contribution in [0.4, 0.5) is 24.7 Å². The van der Waals surface area contributed by atoms with Crippen LogP contribution in [0.25, 0.3) is 5.65 Å². The number of carbonyl (C=O) groups excluding carboxylic acids is 1. The Morgan fingerprint density at radius 3 is 2.39 bits per heavy atom. The lowest BCUT2D eigenvalue weighted by Crippen LogP contribution is -2.38. The molecule has 5 rings (SSSR count). The van der Waals surface area contributed by atoms with Crippen LogP contribution in [0, 0.1) is 6.92 Å². The van der Waals surface area contributed by atoms with Crippen molar-refractivity contribution in [2.45, 2.75) is 31.9 Å². The second-order valence-electron chi connectivity index (χ2n) is 9.25. The number of alkyl halides is 3. The number of benzene rings is 2. The van der Waals surface area contributed by atoms with Crippen molar-refractivity contribution >= 4 is 29.0 Å². The molecule has 0 radical (unpaired) electrons. The third-order valence-electron chi connectivity index (χ3n) is 6.86. The lowest BCUT2D eigenvalue weighted by atomic mass is 9.89. The number of likely N-dealkylation sites (tertiary alicyclic amines) is 1. The molecule has 8 nitrogen and oxygen atoms in total. The number of piperidine rings is 1. The van der Waals surface area contributed by atoms with E-state index in [9.17, 15) is 27.9 Å². The first-order valence-corrected chi connectivity index (χ1v) is 12.0. The molecule has 1 aliphatic rings. The minimum atomic E-state index is -4.57. The molecule has 0 aliphatic carbocycles. The number of carboxylic acid groups (broad SMARTS) is 1. The van der Waals surface area contributed by atoms with Gasteiger partial charge in [-0.15, -0.1) is 0 Å². The molecule has 11 heteroatoms. The normalized spacial score (nSPS) is 14.6. The summed E-state index contributed by atoms with van der Waals surface area (Å²) in [5.74, 6) is -1.28. The van der Waals surface area contributed by atoms with E-state index >= 15 is 0 Å². The summed E-state index contributed by atoms with van der Waals surface area (Å²) in [5.41, 5.74) is 0.793. The zero-order valence-corrected chi connectivity index (χ0v) is 20.4. The van der Waals surface area contributed by atoms with Gasteiger partial charge < -0.3 is 15.3 Å². The van der Waals surface area contributed by atoms with Gasteiger partial charge in [-0.1, -0.05) is 36.4 Å². The Morgan fingerprint density at radius 2 is 1.74 bits per heavy atom. The lowest BCUT2D eigenvalue weighted by Gasteiger charge is -2.32. The number of carbonyl (C=O) groups is 2. The number of rotatable bonds is 5. The van der Waals surface area contributed by atoms with Gasteiger partial charge in [-0.2, -0.15) is 22.8 Å². The fourth-order valence-electron chi connectivity index (χ4n) is 4.73. The first-order chi connectivity index (χ1) is 18.1. The van der Waals surface area contributed by atoms with Gasteiger partial charge in [-0.25, -0.2) is 9.78 Å². The van der Waals surface area contributed by atoms with Crippen LogP contribution in [0.2, 0.25) is 0 Å². The lowest BCUT2D eigenvalue weighted by molar-refractivity contribution is -0.137. The monoisotopic (exact) mass is 523 g/mol. The van der Waals surface area contributed by atoms with E-state index in [2.05, 4.69) is 27.5 Å². The first-order valence-electron chi connectivity index (χ1n) is 12.0.